The molecule has 2 fully saturated rings. The highest BCUT2D eigenvalue weighted by molar-refractivity contribution is 6.32. The van der Waals surface area contributed by atoms with E-state index in [0.717, 1.165) is 29.1 Å². The molecule has 1 aromatic rings. The standard InChI is InChI=1S/C19H25B/c1-12-3-8-18-17-6-4-13-11-14(20)5-7-15(13)16(17)9-10-19(12,18)2/h5,7,11-12,16-18H,3-4,6,8-10H2,1-2H3. The lowest BCUT2D eigenvalue weighted by Gasteiger charge is -2.50. The van der Waals surface area contributed by atoms with Crippen LogP contribution in [0.4, 0.5) is 0 Å². The maximum Gasteiger partial charge on any atom is 0.113 e. The van der Waals surface area contributed by atoms with E-state index in [1.54, 1.807) is 11.1 Å². The third-order valence-corrected chi connectivity index (χ3v) is 7.22. The molecule has 0 bridgehead atoms. The van der Waals surface area contributed by atoms with Crippen LogP contribution in [0.15, 0.2) is 18.2 Å². The van der Waals surface area contributed by atoms with Gasteiger partial charge in [-0.1, -0.05) is 37.5 Å². The summed E-state index contributed by atoms with van der Waals surface area (Å²) >= 11 is 0. The normalized spacial score (nSPS) is 42.7. The van der Waals surface area contributed by atoms with E-state index in [1.165, 1.54) is 38.5 Å². The summed E-state index contributed by atoms with van der Waals surface area (Å²) in [5.74, 6) is 3.67. The second-order valence-corrected chi connectivity index (χ2v) is 7.90. The van der Waals surface area contributed by atoms with Crippen LogP contribution >= 0.6 is 0 Å². The van der Waals surface area contributed by atoms with Crippen molar-refractivity contribution in [3.05, 3.63) is 29.3 Å². The van der Waals surface area contributed by atoms with Crippen molar-refractivity contribution in [1.82, 2.24) is 0 Å². The highest BCUT2D eigenvalue weighted by Crippen LogP contribution is 2.62. The molecule has 0 aromatic heterocycles. The second kappa shape index (κ2) is 4.39. The van der Waals surface area contributed by atoms with E-state index in [2.05, 4.69) is 32.0 Å². The van der Waals surface area contributed by atoms with Crippen LogP contribution in [0.3, 0.4) is 0 Å². The van der Waals surface area contributed by atoms with Gasteiger partial charge in [0.1, 0.15) is 7.85 Å². The van der Waals surface area contributed by atoms with Crippen LogP contribution < -0.4 is 5.46 Å². The van der Waals surface area contributed by atoms with Gasteiger partial charge in [0.2, 0.25) is 0 Å². The van der Waals surface area contributed by atoms with E-state index < -0.39 is 0 Å². The fraction of sp³-hybridized carbons (Fsp3) is 0.684. The van der Waals surface area contributed by atoms with Gasteiger partial charge in [-0.2, -0.15) is 0 Å². The molecule has 0 spiro atoms. The summed E-state index contributed by atoms with van der Waals surface area (Å²) in [6.07, 6.45) is 8.42. The molecule has 1 aromatic carbocycles. The zero-order chi connectivity index (χ0) is 13.9. The molecular weight excluding hydrogens is 239 g/mol. The highest BCUT2D eigenvalue weighted by Gasteiger charge is 2.53. The first-order valence-electron chi connectivity index (χ1n) is 8.48. The Morgan fingerprint density at radius 1 is 1.15 bits per heavy atom. The number of fused-ring (bicyclic) bond motifs is 5. The Labute approximate surface area is 124 Å². The highest BCUT2D eigenvalue weighted by atomic mass is 14.6. The smallest absolute Gasteiger partial charge is 0.0964 e. The lowest BCUT2D eigenvalue weighted by atomic mass is 9.54. The van der Waals surface area contributed by atoms with Gasteiger partial charge in [0.05, 0.1) is 0 Å². The molecule has 0 saturated heterocycles. The van der Waals surface area contributed by atoms with Gasteiger partial charge >= 0.3 is 0 Å². The van der Waals surface area contributed by atoms with E-state index in [9.17, 15) is 0 Å². The van der Waals surface area contributed by atoms with Gasteiger partial charge in [0, 0.05) is 0 Å². The molecular formula is C19H25B. The van der Waals surface area contributed by atoms with Crippen molar-refractivity contribution in [3.63, 3.8) is 0 Å². The lowest BCUT2D eigenvalue weighted by Crippen LogP contribution is -2.41. The minimum atomic E-state index is 0.631. The first-order chi connectivity index (χ1) is 9.59. The molecule has 4 rings (SSSR count). The molecule has 0 aliphatic heterocycles. The van der Waals surface area contributed by atoms with E-state index in [0.29, 0.717) is 5.41 Å². The maximum absolute atomic E-state index is 5.97. The predicted octanol–water partition coefficient (Wildman–Crippen LogP) is 3.97. The fourth-order valence-corrected chi connectivity index (χ4v) is 5.86. The number of benzene rings is 1. The molecule has 0 heterocycles. The monoisotopic (exact) mass is 264 g/mol. The quantitative estimate of drug-likeness (QED) is 0.622. The molecule has 5 unspecified atom stereocenters. The van der Waals surface area contributed by atoms with Gasteiger partial charge in [-0.25, -0.2) is 0 Å². The zero-order valence-corrected chi connectivity index (χ0v) is 12.9. The Balaban J connectivity index is 1.71. The van der Waals surface area contributed by atoms with E-state index in [-0.39, 0.29) is 0 Å². The summed E-state index contributed by atoms with van der Waals surface area (Å²) in [7, 11) is 5.97. The lowest BCUT2D eigenvalue weighted by molar-refractivity contribution is 0.0337. The molecule has 0 nitrogen and oxygen atoms in total. The molecule has 0 N–H and O–H groups in total. The molecule has 3 aliphatic carbocycles. The van der Waals surface area contributed by atoms with Crippen molar-refractivity contribution >= 4 is 13.3 Å². The Morgan fingerprint density at radius 3 is 2.85 bits per heavy atom. The largest absolute Gasteiger partial charge is 0.113 e. The van der Waals surface area contributed by atoms with Crippen LogP contribution in [-0.4, -0.2) is 7.85 Å². The van der Waals surface area contributed by atoms with Crippen LogP contribution in [0.25, 0.3) is 0 Å². The average Bonchev–Trinajstić information content (AvgIpc) is 2.74. The van der Waals surface area contributed by atoms with Gasteiger partial charge in [-0.05, 0) is 78.7 Å². The number of aryl methyl sites for hydroxylation is 1. The minimum absolute atomic E-state index is 0.631. The summed E-state index contributed by atoms with van der Waals surface area (Å²) in [5.41, 5.74) is 4.75. The maximum atomic E-state index is 5.97. The van der Waals surface area contributed by atoms with Crippen molar-refractivity contribution in [2.75, 3.05) is 0 Å². The molecule has 2 radical (unpaired) electrons. The summed E-state index contributed by atoms with van der Waals surface area (Å²) < 4.78 is 0. The van der Waals surface area contributed by atoms with Crippen molar-refractivity contribution in [1.29, 1.82) is 0 Å². The third-order valence-electron chi connectivity index (χ3n) is 7.22. The Kier molecular flexibility index (Phi) is 2.85. The Morgan fingerprint density at radius 2 is 2.00 bits per heavy atom. The SMILES string of the molecule is [B]c1ccc2c(c1)CCC1C2CCC2(C)C(C)CCC12. The van der Waals surface area contributed by atoms with E-state index in [4.69, 9.17) is 7.85 Å². The van der Waals surface area contributed by atoms with Crippen molar-refractivity contribution in [3.8, 4) is 0 Å². The van der Waals surface area contributed by atoms with Crippen LogP contribution in [0.5, 0.6) is 0 Å². The van der Waals surface area contributed by atoms with Crippen LogP contribution in [0.2, 0.25) is 0 Å². The van der Waals surface area contributed by atoms with Gasteiger partial charge < -0.3 is 0 Å². The molecule has 20 heavy (non-hydrogen) atoms. The van der Waals surface area contributed by atoms with Gasteiger partial charge in [0.15, 0.2) is 0 Å². The molecule has 3 aliphatic rings. The Bertz CT molecular complexity index is 535. The first kappa shape index (κ1) is 13.0. The summed E-state index contributed by atoms with van der Waals surface area (Å²) in [4.78, 5) is 0. The van der Waals surface area contributed by atoms with Crippen LogP contribution in [-0.2, 0) is 6.42 Å². The number of rotatable bonds is 0. The Hall–Kier alpha value is -0.715. The summed E-state index contributed by atoms with van der Waals surface area (Å²) in [6.45, 7) is 5.09. The zero-order valence-electron chi connectivity index (χ0n) is 12.9. The first-order valence-corrected chi connectivity index (χ1v) is 8.48. The van der Waals surface area contributed by atoms with Crippen LogP contribution in [0.1, 0.15) is 63.0 Å². The summed E-state index contributed by atoms with van der Waals surface area (Å²) in [6, 6.07) is 6.69. The minimum Gasteiger partial charge on any atom is -0.0964 e. The van der Waals surface area contributed by atoms with Crippen LogP contribution in [0, 0.1) is 23.2 Å². The fourth-order valence-electron chi connectivity index (χ4n) is 5.86. The molecule has 104 valence electrons. The van der Waals surface area contributed by atoms with Gasteiger partial charge in [-0.3, -0.25) is 0 Å². The summed E-state index contributed by atoms with van der Waals surface area (Å²) in [5, 5.41) is 0. The second-order valence-electron chi connectivity index (χ2n) is 7.90. The van der Waals surface area contributed by atoms with Gasteiger partial charge in [0.25, 0.3) is 0 Å². The number of hydrogen-bond donors (Lipinski definition) is 0. The molecule has 5 atom stereocenters. The third kappa shape index (κ3) is 1.68. The molecule has 2 saturated carbocycles. The van der Waals surface area contributed by atoms with Crippen molar-refractivity contribution in [2.24, 2.45) is 23.2 Å². The van der Waals surface area contributed by atoms with Crippen molar-refractivity contribution < 1.29 is 0 Å². The topological polar surface area (TPSA) is 0 Å². The molecule has 0 amide bonds. The van der Waals surface area contributed by atoms with Gasteiger partial charge in [-0.15, -0.1) is 0 Å². The van der Waals surface area contributed by atoms with E-state index >= 15 is 0 Å². The molecule has 1 heteroatoms. The van der Waals surface area contributed by atoms with Crippen molar-refractivity contribution in [2.45, 2.75) is 58.3 Å². The predicted molar refractivity (Wildman–Crippen MR) is 85.6 cm³/mol. The number of hydrogen-bond acceptors (Lipinski definition) is 0. The average molecular weight is 264 g/mol. The van der Waals surface area contributed by atoms with E-state index in [1.807, 2.05) is 0 Å².